The van der Waals surface area contributed by atoms with Crippen molar-refractivity contribution >= 4 is 22.9 Å². The lowest BCUT2D eigenvalue weighted by Crippen LogP contribution is -2.27. The molecule has 118 valence electrons. The first kappa shape index (κ1) is 16.1. The molecule has 0 radical (unpaired) electrons. The zero-order valence-corrected chi connectivity index (χ0v) is 12.5. The van der Waals surface area contributed by atoms with Gasteiger partial charge in [-0.2, -0.15) is 0 Å². The summed E-state index contributed by atoms with van der Waals surface area (Å²) in [5, 5.41) is 21.6. The molecule has 2 aromatic rings. The summed E-state index contributed by atoms with van der Waals surface area (Å²) in [6.07, 6.45) is 0. The molecule has 2 aromatic carbocycles. The Morgan fingerprint density at radius 3 is 2.13 bits per heavy atom. The van der Waals surface area contributed by atoms with E-state index >= 15 is 0 Å². The number of rotatable bonds is 4. The van der Waals surface area contributed by atoms with E-state index in [9.17, 15) is 20.2 Å². The molecule has 23 heavy (non-hydrogen) atoms. The number of benzene rings is 2. The van der Waals surface area contributed by atoms with Gasteiger partial charge in [-0.15, -0.1) is 0 Å². The van der Waals surface area contributed by atoms with Crippen molar-refractivity contribution in [2.24, 2.45) is 4.99 Å². The van der Waals surface area contributed by atoms with Crippen molar-refractivity contribution in [3.8, 4) is 0 Å². The summed E-state index contributed by atoms with van der Waals surface area (Å²) < 4.78 is 0. The van der Waals surface area contributed by atoms with Crippen molar-refractivity contribution in [3.63, 3.8) is 0 Å². The number of nitro groups is 2. The van der Waals surface area contributed by atoms with Crippen LogP contribution in [0.25, 0.3) is 0 Å². The highest BCUT2D eigenvalue weighted by Crippen LogP contribution is 2.22. The topological polar surface area (TPSA) is 102 Å². The van der Waals surface area contributed by atoms with E-state index in [-0.39, 0.29) is 11.4 Å². The first-order valence-electron chi connectivity index (χ1n) is 6.64. The number of non-ortho nitro benzene ring substituents is 2. The van der Waals surface area contributed by atoms with Gasteiger partial charge in [0.15, 0.2) is 0 Å². The smallest absolute Gasteiger partial charge is 0.271 e. The lowest BCUT2D eigenvalue weighted by molar-refractivity contribution is -0.385. The molecule has 0 unspecified atom stereocenters. The van der Waals surface area contributed by atoms with E-state index in [1.165, 1.54) is 24.3 Å². The van der Waals surface area contributed by atoms with Crippen LogP contribution in [0, 0.1) is 20.2 Å². The summed E-state index contributed by atoms with van der Waals surface area (Å²) in [6, 6.07) is 12.1. The second-order valence-electron chi connectivity index (χ2n) is 4.69. The Labute approximate surface area is 132 Å². The highest BCUT2D eigenvalue weighted by molar-refractivity contribution is 6.09. The Balaban J connectivity index is 2.35. The number of aliphatic imine (C=N–C) groups is 1. The Kier molecular flexibility index (Phi) is 4.65. The predicted octanol–water partition coefficient (Wildman–Crippen LogP) is 3.02. The molecule has 0 bridgehead atoms. The van der Waals surface area contributed by atoms with Gasteiger partial charge in [0, 0.05) is 49.6 Å². The summed E-state index contributed by atoms with van der Waals surface area (Å²) in [5.41, 5.74) is 1.24. The van der Waals surface area contributed by atoms with E-state index in [0.717, 1.165) is 0 Å². The lowest BCUT2D eigenvalue weighted by Gasteiger charge is -2.21. The molecular formula is C15H14N4O4. The molecular weight excluding hydrogens is 300 g/mol. The van der Waals surface area contributed by atoms with Crippen molar-refractivity contribution in [1.29, 1.82) is 0 Å². The number of nitrogens with zero attached hydrogens (tertiary/aromatic N) is 4. The fraction of sp³-hybridized carbons (Fsp3) is 0.133. The van der Waals surface area contributed by atoms with Crippen LogP contribution >= 0.6 is 0 Å². The Morgan fingerprint density at radius 1 is 1.00 bits per heavy atom. The van der Waals surface area contributed by atoms with Crippen molar-refractivity contribution < 1.29 is 9.85 Å². The molecule has 0 N–H and O–H groups in total. The van der Waals surface area contributed by atoms with Gasteiger partial charge in [-0.05, 0) is 18.2 Å². The molecule has 0 amide bonds. The highest BCUT2D eigenvalue weighted by atomic mass is 16.6. The normalized spacial score (nSPS) is 11.1. The molecule has 8 heteroatoms. The van der Waals surface area contributed by atoms with Gasteiger partial charge in [0.2, 0.25) is 0 Å². The average molecular weight is 314 g/mol. The third-order valence-corrected chi connectivity index (χ3v) is 3.29. The van der Waals surface area contributed by atoms with Gasteiger partial charge in [0.1, 0.15) is 5.84 Å². The molecule has 0 aliphatic rings. The third-order valence-electron chi connectivity index (χ3n) is 3.29. The van der Waals surface area contributed by atoms with Crippen LogP contribution < -0.4 is 4.90 Å². The van der Waals surface area contributed by atoms with Crippen LogP contribution in [0.2, 0.25) is 0 Å². The van der Waals surface area contributed by atoms with Gasteiger partial charge in [0.05, 0.1) is 9.85 Å². The molecule has 8 nitrogen and oxygen atoms in total. The minimum Gasteiger partial charge on any atom is -0.329 e. The van der Waals surface area contributed by atoms with E-state index in [1.807, 2.05) is 0 Å². The van der Waals surface area contributed by atoms with Crippen molar-refractivity contribution in [2.75, 3.05) is 19.0 Å². The summed E-state index contributed by atoms with van der Waals surface area (Å²) in [6.45, 7) is 0. The summed E-state index contributed by atoms with van der Waals surface area (Å²) >= 11 is 0. The van der Waals surface area contributed by atoms with Gasteiger partial charge in [-0.1, -0.05) is 6.07 Å². The van der Waals surface area contributed by atoms with Gasteiger partial charge in [0.25, 0.3) is 11.4 Å². The molecule has 0 aliphatic carbocycles. The fourth-order valence-electron chi connectivity index (χ4n) is 2.14. The van der Waals surface area contributed by atoms with Crippen molar-refractivity contribution in [1.82, 2.24) is 0 Å². The zero-order chi connectivity index (χ0) is 17.0. The Hall–Kier alpha value is -3.29. The van der Waals surface area contributed by atoms with Crippen LogP contribution in [-0.2, 0) is 0 Å². The minimum absolute atomic E-state index is 0.0118. The number of amidine groups is 1. The Bertz CT molecular complexity index is 771. The van der Waals surface area contributed by atoms with E-state index < -0.39 is 9.85 Å². The molecule has 2 rings (SSSR count). The van der Waals surface area contributed by atoms with Crippen LogP contribution in [0.1, 0.15) is 5.56 Å². The molecule has 0 saturated carbocycles. The molecule has 0 spiro atoms. The van der Waals surface area contributed by atoms with Crippen LogP contribution in [0.15, 0.2) is 53.5 Å². The van der Waals surface area contributed by atoms with Crippen molar-refractivity contribution in [2.45, 2.75) is 0 Å². The van der Waals surface area contributed by atoms with Gasteiger partial charge < -0.3 is 4.90 Å². The molecule has 0 fully saturated rings. The number of anilines is 1. The number of hydrogen-bond donors (Lipinski definition) is 0. The molecule has 0 saturated heterocycles. The average Bonchev–Trinajstić information content (AvgIpc) is 2.56. The standard InChI is InChI=1S/C15H14N4O4/c1-16-15(11-6-8-12(9-7-11)18(20)21)17(2)13-4-3-5-14(10-13)19(22)23/h3-10H,1-2H3. The number of hydrogen-bond acceptors (Lipinski definition) is 5. The fourth-order valence-corrected chi connectivity index (χ4v) is 2.14. The third kappa shape index (κ3) is 3.49. The lowest BCUT2D eigenvalue weighted by atomic mass is 10.1. The van der Waals surface area contributed by atoms with Crippen LogP contribution in [0.3, 0.4) is 0 Å². The molecule has 0 heterocycles. The van der Waals surface area contributed by atoms with Gasteiger partial charge >= 0.3 is 0 Å². The summed E-state index contributed by atoms with van der Waals surface area (Å²) in [7, 11) is 3.31. The van der Waals surface area contributed by atoms with Crippen LogP contribution in [0.5, 0.6) is 0 Å². The second kappa shape index (κ2) is 6.65. The predicted molar refractivity (Wildman–Crippen MR) is 87.1 cm³/mol. The minimum atomic E-state index is -0.475. The largest absolute Gasteiger partial charge is 0.329 e. The van der Waals surface area contributed by atoms with Crippen LogP contribution in [-0.4, -0.2) is 29.8 Å². The van der Waals surface area contributed by atoms with E-state index in [2.05, 4.69) is 4.99 Å². The van der Waals surface area contributed by atoms with Crippen LogP contribution in [0.4, 0.5) is 17.1 Å². The maximum absolute atomic E-state index is 10.9. The Morgan fingerprint density at radius 2 is 1.61 bits per heavy atom. The first-order valence-corrected chi connectivity index (χ1v) is 6.64. The second-order valence-corrected chi connectivity index (χ2v) is 4.69. The zero-order valence-electron chi connectivity index (χ0n) is 12.5. The quantitative estimate of drug-likeness (QED) is 0.373. The van der Waals surface area contributed by atoms with Gasteiger partial charge in [-0.25, -0.2) is 0 Å². The molecule has 0 atom stereocenters. The van der Waals surface area contributed by atoms with E-state index in [0.29, 0.717) is 17.1 Å². The highest BCUT2D eigenvalue weighted by Gasteiger charge is 2.15. The summed E-state index contributed by atoms with van der Waals surface area (Å²) in [4.78, 5) is 26.5. The maximum Gasteiger partial charge on any atom is 0.271 e. The molecule has 0 aliphatic heterocycles. The monoisotopic (exact) mass is 314 g/mol. The number of nitro benzene ring substituents is 2. The summed E-state index contributed by atoms with van der Waals surface area (Å²) in [5.74, 6) is 0.542. The van der Waals surface area contributed by atoms with Gasteiger partial charge in [-0.3, -0.25) is 25.2 Å². The van der Waals surface area contributed by atoms with E-state index in [1.54, 1.807) is 43.3 Å². The van der Waals surface area contributed by atoms with Crippen molar-refractivity contribution in [3.05, 3.63) is 74.3 Å². The maximum atomic E-state index is 10.9. The van der Waals surface area contributed by atoms with E-state index in [4.69, 9.17) is 0 Å². The molecule has 0 aromatic heterocycles. The first-order chi connectivity index (χ1) is 10.9. The SMILES string of the molecule is CN=C(c1ccc([N+](=O)[O-])cc1)N(C)c1cccc([N+](=O)[O-])c1.